The van der Waals surface area contributed by atoms with Crippen LogP contribution in [0.2, 0.25) is 5.02 Å². The molecule has 3 aromatic rings. The standard InChI is InChI=1S/C23H24ClN3O3S2.2C2H6/c1-12(2)8-19-20(14-6-7-18(28)17(24)10-14)26-23(32-19)27-21-16(22(29)30-4)9-15(11-25-21)13(3)31-5;2*1-2/h6-7,9-12,28H,3,8H2,1-2,4-5H3,(H,25,26,27);2*1-2H3. The number of pyridine rings is 1. The number of phenols is 1. The van der Waals surface area contributed by atoms with E-state index in [1.165, 1.54) is 30.2 Å². The molecule has 0 aliphatic carbocycles. The van der Waals surface area contributed by atoms with E-state index >= 15 is 0 Å². The lowest BCUT2D eigenvalue weighted by molar-refractivity contribution is 0.0601. The van der Waals surface area contributed by atoms with Crippen LogP contribution in [-0.4, -0.2) is 34.4 Å². The predicted molar refractivity (Wildman–Crippen MR) is 157 cm³/mol. The summed E-state index contributed by atoms with van der Waals surface area (Å²) < 4.78 is 4.95. The maximum Gasteiger partial charge on any atom is 0.341 e. The van der Waals surface area contributed by atoms with E-state index in [4.69, 9.17) is 21.3 Å². The average Bonchev–Trinajstić information content (AvgIpc) is 3.28. The van der Waals surface area contributed by atoms with Gasteiger partial charge in [0.25, 0.3) is 0 Å². The number of nitrogens with zero attached hydrogens (tertiary/aromatic N) is 2. The monoisotopic (exact) mass is 549 g/mol. The van der Waals surface area contributed by atoms with Gasteiger partial charge in [-0.1, -0.05) is 59.7 Å². The number of rotatable bonds is 8. The summed E-state index contributed by atoms with van der Waals surface area (Å²) in [5.41, 5.74) is 2.64. The lowest BCUT2D eigenvalue weighted by Crippen LogP contribution is -2.08. The van der Waals surface area contributed by atoms with Crippen molar-refractivity contribution in [2.75, 3.05) is 18.7 Å². The van der Waals surface area contributed by atoms with Gasteiger partial charge >= 0.3 is 5.97 Å². The SMILES string of the molecule is C=C(SC)c1cnc(Nc2nc(-c3ccc(O)c(Cl)c3)c(CC(C)C)s2)c(C(=O)OC)c1.CC.CC. The zero-order valence-corrected chi connectivity index (χ0v) is 24.6. The number of thiazole rings is 1. The summed E-state index contributed by atoms with van der Waals surface area (Å²) in [5.74, 6) is 0.290. The minimum atomic E-state index is -0.500. The van der Waals surface area contributed by atoms with Gasteiger partial charge in [0, 0.05) is 27.1 Å². The summed E-state index contributed by atoms with van der Waals surface area (Å²) in [6, 6.07) is 6.74. The molecule has 2 heterocycles. The summed E-state index contributed by atoms with van der Waals surface area (Å²) in [5, 5.41) is 13.8. The molecule has 0 saturated heterocycles. The van der Waals surface area contributed by atoms with Crippen molar-refractivity contribution in [3.8, 4) is 17.0 Å². The van der Waals surface area contributed by atoms with Crippen molar-refractivity contribution in [3.63, 3.8) is 0 Å². The zero-order valence-electron chi connectivity index (χ0n) is 22.2. The van der Waals surface area contributed by atoms with Crippen LogP contribution in [0.1, 0.15) is 62.3 Å². The van der Waals surface area contributed by atoms with Crippen molar-refractivity contribution in [3.05, 3.63) is 58.1 Å². The topological polar surface area (TPSA) is 84.3 Å². The van der Waals surface area contributed by atoms with Gasteiger partial charge in [0.2, 0.25) is 0 Å². The number of ether oxygens (including phenoxy) is 1. The number of thioether (sulfide) groups is 1. The maximum atomic E-state index is 12.4. The Morgan fingerprint density at radius 2 is 1.92 bits per heavy atom. The Kier molecular flexibility index (Phi) is 13.6. The molecule has 0 saturated carbocycles. The van der Waals surface area contributed by atoms with Gasteiger partial charge in [-0.3, -0.25) is 0 Å². The molecule has 2 N–H and O–H groups in total. The molecule has 0 amide bonds. The maximum absolute atomic E-state index is 12.4. The Hall–Kier alpha value is -2.55. The Bertz CT molecular complexity index is 1160. The molecule has 3 rings (SSSR count). The number of methoxy groups -OCH3 is 1. The highest BCUT2D eigenvalue weighted by atomic mass is 35.5. The van der Waals surface area contributed by atoms with Crippen molar-refractivity contribution in [2.24, 2.45) is 5.92 Å². The smallest absolute Gasteiger partial charge is 0.341 e. The number of halogens is 1. The van der Waals surface area contributed by atoms with Crippen LogP contribution in [0.5, 0.6) is 5.75 Å². The Morgan fingerprint density at radius 3 is 2.47 bits per heavy atom. The predicted octanol–water partition coefficient (Wildman–Crippen LogP) is 8.68. The second-order valence-corrected chi connectivity index (χ2v) is 9.81. The third-order valence-corrected chi connectivity index (χ3v) is 6.62. The van der Waals surface area contributed by atoms with Crippen molar-refractivity contribution in [1.29, 1.82) is 0 Å². The number of aromatic hydroxyl groups is 1. The average molecular weight is 550 g/mol. The summed E-state index contributed by atoms with van der Waals surface area (Å²) >= 11 is 9.09. The quantitative estimate of drug-likeness (QED) is 0.272. The molecule has 0 atom stereocenters. The van der Waals surface area contributed by atoms with Crippen LogP contribution in [0.15, 0.2) is 37.0 Å². The first-order valence-corrected chi connectivity index (χ1v) is 14.2. The fraction of sp³-hybridized carbons (Fsp3) is 0.370. The Balaban J connectivity index is 0.00000154. The zero-order chi connectivity index (χ0) is 27.4. The number of hydrogen-bond donors (Lipinski definition) is 2. The van der Waals surface area contributed by atoms with E-state index in [0.29, 0.717) is 22.4 Å². The van der Waals surface area contributed by atoms with Gasteiger partial charge in [-0.2, -0.15) is 0 Å². The van der Waals surface area contributed by atoms with Gasteiger partial charge in [-0.15, -0.1) is 23.1 Å². The van der Waals surface area contributed by atoms with Crippen LogP contribution in [0.4, 0.5) is 10.9 Å². The Morgan fingerprint density at radius 1 is 1.25 bits per heavy atom. The van der Waals surface area contributed by atoms with Gasteiger partial charge < -0.3 is 15.2 Å². The third kappa shape index (κ3) is 8.25. The van der Waals surface area contributed by atoms with E-state index in [0.717, 1.165) is 33.0 Å². The number of benzene rings is 1. The van der Waals surface area contributed by atoms with E-state index in [1.807, 2.05) is 34.0 Å². The second-order valence-electron chi connectivity index (χ2n) is 7.42. The van der Waals surface area contributed by atoms with Crippen LogP contribution in [0, 0.1) is 5.92 Å². The van der Waals surface area contributed by atoms with Gasteiger partial charge in [0.05, 0.1) is 17.8 Å². The highest BCUT2D eigenvalue weighted by molar-refractivity contribution is 8.07. The summed E-state index contributed by atoms with van der Waals surface area (Å²) in [6.07, 6.45) is 4.39. The lowest BCUT2D eigenvalue weighted by Gasteiger charge is -2.10. The van der Waals surface area contributed by atoms with Crippen molar-refractivity contribution in [1.82, 2.24) is 9.97 Å². The molecule has 9 heteroatoms. The number of nitrogens with one attached hydrogen (secondary N) is 1. The molecular weight excluding hydrogens is 514 g/mol. The minimum Gasteiger partial charge on any atom is -0.506 e. The molecule has 1 aromatic carbocycles. The van der Waals surface area contributed by atoms with Gasteiger partial charge in [0.1, 0.15) is 17.1 Å². The molecule has 0 fully saturated rings. The molecule has 0 aliphatic rings. The number of hydrogen-bond acceptors (Lipinski definition) is 8. The van der Waals surface area contributed by atoms with E-state index in [1.54, 1.807) is 30.5 Å². The molecule has 2 aromatic heterocycles. The normalized spacial score (nSPS) is 10.1. The fourth-order valence-electron chi connectivity index (χ4n) is 3.00. The van der Waals surface area contributed by atoms with Gasteiger partial charge in [-0.05, 0) is 42.9 Å². The molecule has 0 radical (unpaired) electrons. The molecule has 36 heavy (non-hydrogen) atoms. The van der Waals surface area contributed by atoms with E-state index in [9.17, 15) is 9.90 Å². The van der Waals surface area contributed by atoms with Crippen LogP contribution in [-0.2, 0) is 11.2 Å². The molecule has 0 bridgehead atoms. The van der Waals surface area contributed by atoms with Crippen LogP contribution >= 0.6 is 34.7 Å². The molecule has 0 spiro atoms. The highest BCUT2D eigenvalue weighted by Gasteiger charge is 2.20. The van der Waals surface area contributed by atoms with Crippen LogP contribution in [0.3, 0.4) is 0 Å². The number of esters is 1. The highest BCUT2D eigenvalue weighted by Crippen LogP contribution is 2.37. The van der Waals surface area contributed by atoms with Gasteiger partial charge in [0.15, 0.2) is 5.13 Å². The largest absolute Gasteiger partial charge is 0.506 e. The first-order valence-electron chi connectivity index (χ1n) is 11.8. The second kappa shape index (κ2) is 15.5. The molecule has 0 aliphatic heterocycles. The van der Waals surface area contributed by atoms with Crippen molar-refractivity contribution >= 4 is 56.5 Å². The molecule has 0 unspecified atom stereocenters. The van der Waals surface area contributed by atoms with Crippen molar-refractivity contribution in [2.45, 2.75) is 48.0 Å². The number of carbonyl (C=O) groups is 1. The van der Waals surface area contributed by atoms with Gasteiger partial charge in [-0.25, -0.2) is 14.8 Å². The first-order chi connectivity index (χ1) is 17.2. The summed E-state index contributed by atoms with van der Waals surface area (Å²) in [4.78, 5) is 23.5. The minimum absolute atomic E-state index is 0.0215. The number of anilines is 2. The van der Waals surface area contributed by atoms with E-state index in [2.05, 4.69) is 30.7 Å². The fourth-order valence-corrected chi connectivity index (χ4v) is 4.72. The summed E-state index contributed by atoms with van der Waals surface area (Å²) in [7, 11) is 1.33. The molecule has 196 valence electrons. The first kappa shape index (κ1) is 31.5. The molecular formula is C27H36ClN3O3S2. The lowest BCUT2D eigenvalue weighted by atomic mass is 10.0. The van der Waals surface area contributed by atoms with E-state index < -0.39 is 5.97 Å². The number of aromatic nitrogens is 2. The molecule has 6 nitrogen and oxygen atoms in total. The third-order valence-electron chi connectivity index (χ3n) is 4.60. The van der Waals surface area contributed by atoms with Crippen LogP contribution in [0.25, 0.3) is 16.2 Å². The Labute approximate surface area is 228 Å². The number of phenolic OH excluding ortho intramolecular Hbond substituents is 1. The van der Waals surface area contributed by atoms with E-state index in [-0.39, 0.29) is 10.8 Å². The summed E-state index contributed by atoms with van der Waals surface area (Å²) in [6.45, 7) is 16.3. The van der Waals surface area contributed by atoms with Crippen molar-refractivity contribution < 1.29 is 14.6 Å². The number of carbonyl (C=O) groups excluding carboxylic acids is 1. The van der Waals surface area contributed by atoms with Crippen LogP contribution < -0.4 is 5.32 Å².